The van der Waals surface area contributed by atoms with Crippen molar-refractivity contribution < 1.29 is 18.3 Å². The first-order chi connectivity index (χ1) is 13.1. The third-order valence-electron chi connectivity index (χ3n) is 4.49. The molecule has 0 unspecified atom stereocenters. The van der Waals surface area contributed by atoms with Crippen molar-refractivity contribution >= 4 is 5.91 Å². The van der Waals surface area contributed by atoms with Gasteiger partial charge in [0.1, 0.15) is 12.4 Å². The summed E-state index contributed by atoms with van der Waals surface area (Å²) in [6.07, 6.45) is -0.833. The van der Waals surface area contributed by atoms with Crippen LogP contribution >= 0.6 is 0 Å². The Morgan fingerprint density at radius 3 is 2.78 bits per heavy atom. The molecular formula is C20H17F2N3O2. The standard InChI is InChI=1S/C20H17F2N3O2/c21-18(22)11-25-10-14-8-16(6-7-17(14)20(25)26)27-12-15-9-23-24-19(15)13-4-2-1-3-5-13/h1-9,18H,10-12H2,(H,23,24). The molecule has 27 heavy (non-hydrogen) atoms. The van der Waals surface area contributed by atoms with Gasteiger partial charge in [-0.2, -0.15) is 5.10 Å². The number of carbonyl (C=O) groups is 1. The highest BCUT2D eigenvalue weighted by Gasteiger charge is 2.29. The van der Waals surface area contributed by atoms with Crippen molar-refractivity contribution in [3.63, 3.8) is 0 Å². The molecule has 0 aliphatic carbocycles. The molecule has 1 aliphatic heterocycles. The van der Waals surface area contributed by atoms with Gasteiger partial charge in [-0.1, -0.05) is 30.3 Å². The lowest BCUT2D eigenvalue weighted by atomic mass is 10.1. The maximum atomic E-state index is 12.6. The summed E-state index contributed by atoms with van der Waals surface area (Å²) in [7, 11) is 0. The quantitative estimate of drug-likeness (QED) is 0.717. The molecule has 4 rings (SSSR count). The van der Waals surface area contributed by atoms with Gasteiger partial charge in [-0.3, -0.25) is 9.89 Å². The number of benzene rings is 2. The molecule has 2 heterocycles. The van der Waals surface area contributed by atoms with Crippen LogP contribution in [0.3, 0.4) is 0 Å². The van der Waals surface area contributed by atoms with E-state index in [0.29, 0.717) is 23.5 Å². The molecule has 7 heteroatoms. The highest BCUT2D eigenvalue weighted by molar-refractivity contribution is 5.98. The average molecular weight is 369 g/mol. The normalized spacial score (nSPS) is 13.3. The molecule has 3 aromatic rings. The third-order valence-corrected chi connectivity index (χ3v) is 4.49. The first-order valence-electron chi connectivity index (χ1n) is 8.52. The Hall–Kier alpha value is -3.22. The van der Waals surface area contributed by atoms with Crippen LogP contribution in [0.2, 0.25) is 0 Å². The second-order valence-corrected chi connectivity index (χ2v) is 6.32. The number of nitrogens with one attached hydrogen (secondary N) is 1. The summed E-state index contributed by atoms with van der Waals surface area (Å²) < 4.78 is 31.0. The minimum atomic E-state index is -2.54. The Labute approximate surface area is 154 Å². The summed E-state index contributed by atoms with van der Waals surface area (Å²) in [6, 6.07) is 14.9. The van der Waals surface area contributed by atoms with E-state index in [9.17, 15) is 13.6 Å². The van der Waals surface area contributed by atoms with E-state index in [2.05, 4.69) is 10.2 Å². The van der Waals surface area contributed by atoms with E-state index in [-0.39, 0.29) is 12.5 Å². The zero-order chi connectivity index (χ0) is 18.8. The largest absolute Gasteiger partial charge is 0.489 e. The van der Waals surface area contributed by atoms with Gasteiger partial charge in [0.2, 0.25) is 0 Å². The first kappa shape index (κ1) is 17.2. The van der Waals surface area contributed by atoms with Gasteiger partial charge in [-0.25, -0.2) is 8.78 Å². The summed E-state index contributed by atoms with van der Waals surface area (Å²) in [5.41, 5.74) is 3.95. The number of hydrogen-bond acceptors (Lipinski definition) is 3. The maximum Gasteiger partial charge on any atom is 0.255 e. The monoisotopic (exact) mass is 369 g/mol. The number of aromatic amines is 1. The van der Waals surface area contributed by atoms with Crippen molar-refractivity contribution in [3.8, 4) is 17.0 Å². The molecule has 0 atom stereocenters. The molecule has 0 fully saturated rings. The topological polar surface area (TPSA) is 58.2 Å². The second kappa shape index (κ2) is 7.19. The van der Waals surface area contributed by atoms with Crippen molar-refractivity contribution in [2.45, 2.75) is 19.6 Å². The van der Waals surface area contributed by atoms with Crippen molar-refractivity contribution in [1.29, 1.82) is 0 Å². The Morgan fingerprint density at radius 2 is 2.00 bits per heavy atom. The van der Waals surface area contributed by atoms with E-state index in [0.717, 1.165) is 21.7 Å². The minimum absolute atomic E-state index is 0.177. The van der Waals surface area contributed by atoms with Crippen molar-refractivity contribution in [2.24, 2.45) is 0 Å². The molecule has 1 aliphatic rings. The van der Waals surface area contributed by atoms with Crippen molar-refractivity contribution in [1.82, 2.24) is 15.1 Å². The second-order valence-electron chi connectivity index (χ2n) is 6.32. The van der Waals surface area contributed by atoms with E-state index < -0.39 is 13.0 Å². The van der Waals surface area contributed by atoms with Crippen LogP contribution < -0.4 is 4.74 Å². The van der Waals surface area contributed by atoms with Crippen LogP contribution in [0.4, 0.5) is 8.78 Å². The molecule has 0 saturated carbocycles. The molecule has 1 amide bonds. The SMILES string of the molecule is O=C1c2ccc(OCc3cn[nH]c3-c3ccccc3)cc2CN1CC(F)F. The van der Waals surface area contributed by atoms with Crippen LogP contribution in [0, 0.1) is 0 Å². The van der Waals surface area contributed by atoms with Crippen LogP contribution in [-0.4, -0.2) is 34.0 Å². The van der Waals surface area contributed by atoms with Gasteiger partial charge < -0.3 is 9.64 Å². The van der Waals surface area contributed by atoms with Gasteiger partial charge in [-0.15, -0.1) is 0 Å². The molecular weight excluding hydrogens is 352 g/mol. The van der Waals surface area contributed by atoms with Crippen molar-refractivity contribution in [2.75, 3.05) is 6.54 Å². The number of halogens is 2. The molecule has 138 valence electrons. The van der Waals surface area contributed by atoms with Gasteiger partial charge in [0, 0.05) is 17.7 Å². The number of carbonyl (C=O) groups excluding carboxylic acids is 1. The smallest absolute Gasteiger partial charge is 0.255 e. The molecule has 0 saturated heterocycles. The number of H-pyrrole nitrogens is 1. The van der Waals surface area contributed by atoms with Crippen LogP contribution in [0.15, 0.2) is 54.7 Å². The predicted octanol–water partition coefficient (Wildman–Crippen LogP) is 3.88. The summed E-state index contributed by atoms with van der Waals surface area (Å²) in [6.45, 7) is -0.0793. The van der Waals surface area contributed by atoms with Crippen LogP contribution in [0.5, 0.6) is 5.75 Å². The molecule has 0 radical (unpaired) electrons. The fraction of sp³-hybridized carbons (Fsp3) is 0.200. The molecule has 0 spiro atoms. The number of aromatic nitrogens is 2. The highest BCUT2D eigenvalue weighted by Crippen LogP contribution is 2.28. The van der Waals surface area contributed by atoms with Gasteiger partial charge >= 0.3 is 0 Å². The highest BCUT2D eigenvalue weighted by atomic mass is 19.3. The number of hydrogen-bond donors (Lipinski definition) is 1. The molecule has 1 aromatic heterocycles. The number of ether oxygens (including phenoxy) is 1. The Morgan fingerprint density at radius 1 is 1.19 bits per heavy atom. The molecule has 1 N–H and O–H groups in total. The zero-order valence-electron chi connectivity index (χ0n) is 14.4. The fourth-order valence-corrected chi connectivity index (χ4v) is 3.20. The van der Waals surface area contributed by atoms with Gasteiger partial charge in [0.15, 0.2) is 0 Å². The maximum absolute atomic E-state index is 12.6. The summed E-state index contributed by atoms with van der Waals surface area (Å²) in [4.78, 5) is 13.3. The first-order valence-corrected chi connectivity index (χ1v) is 8.52. The van der Waals surface area contributed by atoms with E-state index in [1.54, 1.807) is 24.4 Å². The average Bonchev–Trinajstić information content (AvgIpc) is 3.25. The van der Waals surface area contributed by atoms with Crippen LogP contribution in [0.1, 0.15) is 21.5 Å². The lowest BCUT2D eigenvalue weighted by molar-refractivity contribution is 0.0577. The summed E-state index contributed by atoms with van der Waals surface area (Å²) >= 11 is 0. The molecule has 5 nitrogen and oxygen atoms in total. The zero-order valence-corrected chi connectivity index (χ0v) is 14.4. The van der Waals surface area contributed by atoms with Crippen molar-refractivity contribution in [3.05, 3.63) is 71.4 Å². The minimum Gasteiger partial charge on any atom is -0.489 e. The number of amides is 1. The molecule has 2 aromatic carbocycles. The van der Waals surface area contributed by atoms with Crippen LogP contribution in [0.25, 0.3) is 11.3 Å². The third kappa shape index (κ3) is 3.53. The lowest BCUT2D eigenvalue weighted by Gasteiger charge is -2.14. The summed E-state index contributed by atoms with van der Waals surface area (Å²) in [5.74, 6) is 0.221. The number of nitrogens with zero attached hydrogens (tertiary/aromatic N) is 2. The van der Waals surface area contributed by atoms with Gasteiger partial charge in [0.05, 0.1) is 18.4 Å². The number of fused-ring (bicyclic) bond motifs is 1. The molecule has 0 bridgehead atoms. The van der Waals surface area contributed by atoms with Gasteiger partial charge in [0.25, 0.3) is 12.3 Å². The number of rotatable bonds is 6. The fourth-order valence-electron chi connectivity index (χ4n) is 3.20. The Bertz CT molecular complexity index is 957. The Kier molecular flexibility index (Phi) is 4.58. The van der Waals surface area contributed by atoms with E-state index in [4.69, 9.17) is 4.74 Å². The lowest BCUT2D eigenvalue weighted by Crippen LogP contribution is -2.29. The van der Waals surface area contributed by atoms with E-state index in [1.807, 2.05) is 30.3 Å². The van der Waals surface area contributed by atoms with Gasteiger partial charge in [-0.05, 0) is 29.3 Å². The number of alkyl halides is 2. The Balaban J connectivity index is 1.47. The van der Waals surface area contributed by atoms with E-state index >= 15 is 0 Å². The van der Waals surface area contributed by atoms with Crippen LogP contribution in [-0.2, 0) is 13.2 Å². The predicted molar refractivity (Wildman–Crippen MR) is 95.5 cm³/mol. The summed E-state index contributed by atoms with van der Waals surface area (Å²) in [5, 5.41) is 7.07. The van der Waals surface area contributed by atoms with E-state index in [1.165, 1.54) is 0 Å².